The second-order valence-corrected chi connectivity index (χ2v) is 2.90. The number of aliphatic hydroxyl groups excluding tert-OH is 1. The normalized spacial score (nSPS) is 10.8. The van der Waals surface area contributed by atoms with Crippen molar-refractivity contribution in [1.82, 2.24) is 4.98 Å². The minimum Gasteiger partial charge on any atom is -0.390 e. The highest BCUT2D eigenvalue weighted by molar-refractivity contribution is 5.84. The lowest BCUT2D eigenvalue weighted by molar-refractivity contribution is 0.278. The summed E-state index contributed by atoms with van der Waals surface area (Å²) in [5, 5.41) is 9.49. The molecule has 0 aliphatic carbocycles. The summed E-state index contributed by atoms with van der Waals surface area (Å²) in [6, 6.07) is 3.49. The van der Waals surface area contributed by atoms with Crippen molar-refractivity contribution < 1.29 is 13.9 Å². The molecule has 0 fully saturated rings. The van der Waals surface area contributed by atoms with E-state index in [0.29, 0.717) is 5.39 Å². The number of rotatable bonds is 1. The molecule has 0 atom stereocenters. The van der Waals surface area contributed by atoms with Crippen LogP contribution >= 0.6 is 0 Å². The Labute approximate surface area is 78.8 Å². The standard InChI is InChI=1S/C10H7F2NO/c11-7-3-6-1-2-13-9(5-14)10(6)8(12)4-7/h1-4,14H,5H2. The molecule has 1 aromatic carbocycles. The molecular formula is C10H7F2NO. The highest BCUT2D eigenvalue weighted by atomic mass is 19.1. The molecule has 1 N–H and O–H groups in total. The largest absolute Gasteiger partial charge is 0.390 e. The SMILES string of the molecule is OCc1nccc2cc(F)cc(F)c12. The Morgan fingerprint density at radius 2 is 2.07 bits per heavy atom. The van der Waals surface area contributed by atoms with Crippen molar-refractivity contribution in [3.05, 3.63) is 41.7 Å². The fraction of sp³-hybridized carbons (Fsp3) is 0.100. The molecule has 0 saturated carbocycles. The molecule has 2 rings (SSSR count). The number of benzene rings is 1. The van der Waals surface area contributed by atoms with Crippen molar-refractivity contribution >= 4 is 10.8 Å². The van der Waals surface area contributed by atoms with Crippen LogP contribution in [-0.4, -0.2) is 10.1 Å². The summed E-state index contributed by atoms with van der Waals surface area (Å²) >= 11 is 0. The Morgan fingerprint density at radius 1 is 1.29 bits per heavy atom. The van der Waals surface area contributed by atoms with Crippen LogP contribution in [0.25, 0.3) is 10.8 Å². The zero-order valence-electron chi connectivity index (χ0n) is 7.17. The first-order valence-corrected chi connectivity index (χ1v) is 4.06. The monoisotopic (exact) mass is 195 g/mol. The molecule has 72 valence electrons. The number of fused-ring (bicyclic) bond motifs is 1. The fourth-order valence-corrected chi connectivity index (χ4v) is 1.42. The Hall–Kier alpha value is -1.55. The number of halogens is 2. The Balaban J connectivity index is 2.87. The van der Waals surface area contributed by atoms with E-state index in [9.17, 15) is 8.78 Å². The number of nitrogens with zero attached hydrogens (tertiary/aromatic N) is 1. The molecule has 4 heteroatoms. The molecule has 0 unspecified atom stereocenters. The van der Waals surface area contributed by atoms with Crippen molar-refractivity contribution in [3.63, 3.8) is 0 Å². The van der Waals surface area contributed by atoms with Gasteiger partial charge in [0, 0.05) is 17.6 Å². The van der Waals surface area contributed by atoms with E-state index in [0.717, 1.165) is 6.07 Å². The molecule has 0 saturated heterocycles. The number of hydrogen-bond donors (Lipinski definition) is 1. The molecule has 0 aliphatic heterocycles. The lowest BCUT2D eigenvalue weighted by Crippen LogP contribution is -1.94. The van der Waals surface area contributed by atoms with Gasteiger partial charge < -0.3 is 5.11 Å². The predicted octanol–water partition coefficient (Wildman–Crippen LogP) is 2.01. The van der Waals surface area contributed by atoms with Crippen LogP contribution in [0, 0.1) is 11.6 Å². The smallest absolute Gasteiger partial charge is 0.135 e. The van der Waals surface area contributed by atoms with E-state index < -0.39 is 11.6 Å². The second kappa shape index (κ2) is 3.31. The van der Waals surface area contributed by atoms with Crippen molar-refractivity contribution in [3.8, 4) is 0 Å². The van der Waals surface area contributed by atoms with Gasteiger partial charge in [0.15, 0.2) is 0 Å². The molecule has 14 heavy (non-hydrogen) atoms. The predicted molar refractivity (Wildman–Crippen MR) is 47.6 cm³/mol. The van der Waals surface area contributed by atoms with E-state index in [2.05, 4.69) is 4.98 Å². The summed E-state index contributed by atoms with van der Waals surface area (Å²) in [6.07, 6.45) is 1.41. The molecule has 0 aliphatic rings. The molecule has 2 aromatic rings. The van der Waals surface area contributed by atoms with E-state index in [1.54, 1.807) is 0 Å². The zero-order chi connectivity index (χ0) is 10.1. The molecular weight excluding hydrogens is 188 g/mol. The first-order chi connectivity index (χ1) is 6.72. The van der Waals surface area contributed by atoms with Gasteiger partial charge in [-0.2, -0.15) is 0 Å². The Kier molecular flexibility index (Phi) is 2.13. The van der Waals surface area contributed by atoms with Crippen LogP contribution in [0.1, 0.15) is 5.69 Å². The summed E-state index contributed by atoms with van der Waals surface area (Å²) in [7, 11) is 0. The van der Waals surface area contributed by atoms with Crippen LogP contribution in [0.5, 0.6) is 0 Å². The van der Waals surface area contributed by atoms with Crippen molar-refractivity contribution in [2.45, 2.75) is 6.61 Å². The number of aliphatic hydroxyl groups is 1. The minimum atomic E-state index is -0.697. The third kappa shape index (κ3) is 1.33. The van der Waals surface area contributed by atoms with Gasteiger partial charge in [0.2, 0.25) is 0 Å². The first kappa shape index (κ1) is 9.02. The highest BCUT2D eigenvalue weighted by Crippen LogP contribution is 2.21. The molecule has 0 spiro atoms. The Morgan fingerprint density at radius 3 is 2.79 bits per heavy atom. The average molecular weight is 195 g/mol. The van der Waals surface area contributed by atoms with E-state index in [4.69, 9.17) is 5.11 Å². The zero-order valence-corrected chi connectivity index (χ0v) is 7.17. The van der Waals surface area contributed by atoms with E-state index in [-0.39, 0.29) is 17.7 Å². The van der Waals surface area contributed by atoms with Crippen molar-refractivity contribution in [2.75, 3.05) is 0 Å². The van der Waals surface area contributed by atoms with Crippen molar-refractivity contribution in [2.24, 2.45) is 0 Å². The van der Waals surface area contributed by atoms with Crippen LogP contribution in [0.15, 0.2) is 24.4 Å². The maximum Gasteiger partial charge on any atom is 0.135 e. The molecule has 2 nitrogen and oxygen atoms in total. The van der Waals surface area contributed by atoms with E-state index >= 15 is 0 Å². The van der Waals surface area contributed by atoms with Gasteiger partial charge in [0.05, 0.1) is 12.3 Å². The highest BCUT2D eigenvalue weighted by Gasteiger charge is 2.08. The van der Waals surface area contributed by atoms with Crippen LogP contribution in [0.3, 0.4) is 0 Å². The Bertz CT molecular complexity index is 485. The van der Waals surface area contributed by atoms with Gasteiger partial charge in [0.1, 0.15) is 11.6 Å². The van der Waals surface area contributed by atoms with Gasteiger partial charge in [-0.15, -0.1) is 0 Å². The molecule has 0 radical (unpaired) electrons. The topological polar surface area (TPSA) is 33.1 Å². The number of hydrogen-bond acceptors (Lipinski definition) is 2. The summed E-state index contributed by atoms with van der Waals surface area (Å²) in [4.78, 5) is 3.80. The lowest BCUT2D eigenvalue weighted by Gasteiger charge is -2.03. The third-order valence-electron chi connectivity index (χ3n) is 2.01. The summed E-state index contributed by atoms with van der Waals surface area (Å²) in [6.45, 7) is -0.361. The van der Waals surface area contributed by atoms with Gasteiger partial charge >= 0.3 is 0 Å². The first-order valence-electron chi connectivity index (χ1n) is 4.06. The van der Waals surface area contributed by atoms with Crippen LogP contribution in [0.4, 0.5) is 8.78 Å². The van der Waals surface area contributed by atoms with Gasteiger partial charge in [0.25, 0.3) is 0 Å². The quantitative estimate of drug-likeness (QED) is 0.755. The maximum absolute atomic E-state index is 13.3. The van der Waals surface area contributed by atoms with Gasteiger partial charge in [-0.1, -0.05) is 0 Å². The number of aromatic nitrogens is 1. The van der Waals surface area contributed by atoms with Gasteiger partial charge in [-0.25, -0.2) is 8.78 Å². The summed E-state index contributed by atoms with van der Waals surface area (Å²) < 4.78 is 26.1. The third-order valence-corrected chi connectivity index (χ3v) is 2.01. The average Bonchev–Trinajstić information content (AvgIpc) is 2.16. The number of pyridine rings is 1. The van der Waals surface area contributed by atoms with E-state index in [1.807, 2.05) is 0 Å². The van der Waals surface area contributed by atoms with Crippen LogP contribution < -0.4 is 0 Å². The summed E-state index contributed by atoms with van der Waals surface area (Å²) in [5.74, 6) is -1.33. The van der Waals surface area contributed by atoms with Gasteiger partial charge in [-0.05, 0) is 17.5 Å². The maximum atomic E-state index is 13.3. The van der Waals surface area contributed by atoms with E-state index in [1.165, 1.54) is 18.3 Å². The minimum absolute atomic E-state index is 0.177. The summed E-state index contributed by atoms with van der Waals surface area (Å²) in [5.41, 5.74) is 0.222. The molecule has 0 amide bonds. The lowest BCUT2D eigenvalue weighted by atomic mass is 10.1. The molecule has 0 bridgehead atoms. The molecule has 1 heterocycles. The van der Waals surface area contributed by atoms with Crippen molar-refractivity contribution in [1.29, 1.82) is 0 Å². The molecule has 1 aromatic heterocycles. The fourth-order valence-electron chi connectivity index (χ4n) is 1.42. The van der Waals surface area contributed by atoms with Crippen LogP contribution in [0.2, 0.25) is 0 Å². The van der Waals surface area contributed by atoms with Gasteiger partial charge in [-0.3, -0.25) is 4.98 Å². The second-order valence-electron chi connectivity index (χ2n) is 2.90. The van der Waals surface area contributed by atoms with Crippen LogP contribution in [-0.2, 0) is 6.61 Å².